The molecular formula is C36H71N2O5P. The van der Waals surface area contributed by atoms with Crippen LogP contribution in [0.5, 0.6) is 0 Å². The van der Waals surface area contributed by atoms with Gasteiger partial charge in [-0.25, -0.2) is 0 Å². The summed E-state index contributed by atoms with van der Waals surface area (Å²) in [4.78, 5) is 26.4. The van der Waals surface area contributed by atoms with Crippen LogP contribution in [0.4, 0.5) is 0 Å². The second-order valence-electron chi connectivity index (χ2n) is 14.2. The smallest absolute Gasteiger partial charge is 0.268 e. The molecule has 0 aromatic heterocycles. The summed E-state index contributed by atoms with van der Waals surface area (Å²) < 4.78 is 22.9. The van der Waals surface area contributed by atoms with E-state index in [4.69, 9.17) is 9.05 Å². The Morgan fingerprint density at radius 1 is 0.773 bits per heavy atom. The number of allylic oxidation sites excluding steroid dienone is 2. The Morgan fingerprint density at radius 2 is 1.23 bits per heavy atom. The first-order valence-electron chi connectivity index (χ1n) is 18.5. The Bertz CT molecular complexity index is 770. The Labute approximate surface area is 272 Å². The molecule has 1 saturated heterocycles. The van der Waals surface area contributed by atoms with Crippen LogP contribution in [0.2, 0.25) is 0 Å². The second kappa shape index (κ2) is 26.4. The van der Waals surface area contributed by atoms with Gasteiger partial charge in [0.25, 0.3) is 7.82 Å². The fourth-order valence-electron chi connectivity index (χ4n) is 5.78. The standard InChI is InChI=1S/C36H71N2O5P/c1-5-6-7-8-9-10-11-12-13-14-15-16-17-18-19-20-21-22-23-24-25-26-27-28-29-36(39)37-31-30-35(34-37)43-44(40,41)42-33-32-38(2,3)4/h21-22,35H,5-20,23-34H2,1-4H3/b22-21-/t35-/m0/s1. The highest BCUT2D eigenvalue weighted by molar-refractivity contribution is 7.45. The average Bonchev–Trinajstić information content (AvgIpc) is 3.42. The second-order valence-corrected chi connectivity index (χ2v) is 15.5. The molecule has 2 atom stereocenters. The summed E-state index contributed by atoms with van der Waals surface area (Å²) in [6.07, 6.45) is 34.5. The molecule has 8 heteroatoms. The fraction of sp³-hybridized carbons (Fsp3) is 0.917. The van der Waals surface area contributed by atoms with Gasteiger partial charge >= 0.3 is 0 Å². The van der Waals surface area contributed by atoms with Crippen LogP contribution in [-0.4, -0.2) is 68.8 Å². The van der Waals surface area contributed by atoms with Crippen molar-refractivity contribution in [2.24, 2.45) is 0 Å². The van der Waals surface area contributed by atoms with E-state index in [0.29, 0.717) is 37.0 Å². The summed E-state index contributed by atoms with van der Waals surface area (Å²) in [5.41, 5.74) is 0. The van der Waals surface area contributed by atoms with Crippen LogP contribution >= 0.6 is 7.82 Å². The summed E-state index contributed by atoms with van der Waals surface area (Å²) in [5.74, 6) is 0.101. The van der Waals surface area contributed by atoms with Crippen molar-refractivity contribution >= 4 is 13.7 Å². The number of hydrogen-bond acceptors (Lipinski definition) is 5. The van der Waals surface area contributed by atoms with Crippen molar-refractivity contribution in [3.63, 3.8) is 0 Å². The third kappa shape index (κ3) is 25.5. The largest absolute Gasteiger partial charge is 0.756 e. The Hall–Kier alpha value is -0.720. The zero-order valence-corrected chi connectivity index (χ0v) is 30.3. The molecule has 0 bridgehead atoms. The lowest BCUT2D eigenvalue weighted by Crippen LogP contribution is -2.37. The summed E-state index contributed by atoms with van der Waals surface area (Å²) in [7, 11) is 1.57. The number of unbranched alkanes of at least 4 members (excludes halogenated alkanes) is 20. The van der Waals surface area contributed by atoms with E-state index in [0.717, 1.165) is 25.7 Å². The molecule has 0 saturated carbocycles. The van der Waals surface area contributed by atoms with Crippen LogP contribution < -0.4 is 4.89 Å². The molecule has 0 N–H and O–H groups in total. The minimum atomic E-state index is -4.35. The van der Waals surface area contributed by atoms with E-state index in [9.17, 15) is 14.3 Å². The molecule has 0 aliphatic carbocycles. The first kappa shape index (κ1) is 41.3. The Balaban J connectivity index is 1.87. The Kier molecular flexibility index (Phi) is 24.7. The normalized spacial score (nSPS) is 17.1. The molecule has 1 fully saturated rings. The minimum absolute atomic E-state index is 0.0928. The third-order valence-corrected chi connectivity index (χ3v) is 9.74. The highest BCUT2D eigenvalue weighted by Crippen LogP contribution is 2.41. The number of phosphoric acid groups is 1. The van der Waals surface area contributed by atoms with Crippen molar-refractivity contribution < 1.29 is 27.8 Å². The topological polar surface area (TPSA) is 78.9 Å². The van der Waals surface area contributed by atoms with E-state index in [1.807, 2.05) is 21.1 Å². The molecule has 1 aliphatic rings. The average molecular weight is 643 g/mol. The lowest BCUT2D eigenvalue weighted by Gasteiger charge is -2.29. The van der Waals surface area contributed by atoms with Gasteiger partial charge in [-0.3, -0.25) is 9.36 Å². The van der Waals surface area contributed by atoms with Crippen molar-refractivity contribution in [2.75, 3.05) is 47.4 Å². The number of carbonyl (C=O) groups is 1. The van der Waals surface area contributed by atoms with E-state index < -0.39 is 13.9 Å². The number of quaternary nitrogens is 1. The van der Waals surface area contributed by atoms with Gasteiger partial charge in [0.1, 0.15) is 13.2 Å². The molecule has 0 radical (unpaired) electrons. The molecule has 260 valence electrons. The number of phosphoric ester groups is 1. The summed E-state index contributed by atoms with van der Waals surface area (Å²) >= 11 is 0. The van der Waals surface area contributed by atoms with Gasteiger partial charge < -0.3 is 23.3 Å². The zero-order valence-electron chi connectivity index (χ0n) is 29.4. The highest BCUT2D eigenvalue weighted by atomic mass is 31.2. The van der Waals surface area contributed by atoms with E-state index in [-0.39, 0.29) is 12.5 Å². The van der Waals surface area contributed by atoms with Gasteiger partial charge in [0, 0.05) is 19.5 Å². The zero-order chi connectivity index (χ0) is 32.4. The predicted molar refractivity (Wildman–Crippen MR) is 184 cm³/mol. The van der Waals surface area contributed by atoms with Gasteiger partial charge in [0.2, 0.25) is 5.91 Å². The summed E-state index contributed by atoms with van der Waals surface area (Å²) in [5, 5.41) is 0. The number of likely N-dealkylation sites (tertiary alicyclic amines) is 1. The van der Waals surface area contributed by atoms with Gasteiger partial charge in [-0.1, -0.05) is 128 Å². The molecule has 7 nitrogen and oxygen atoms in total. The van der Waals surface area contributed by atoms with E-state index in [1.165, 1.54) is 116 Å². The molecule has 0 aromatic rings. The highest BCUT2D eigenvalue weighted by Gasteiger charge is 2.29. The lowest BCUT2D eigenvalue weighted by molar-refractivity contribution is -0.870. The van der Waals surface area contributed by atoms with Crippen molar-refractivity contribution in [1.29, 1.82) is 0 Å². The SMILES string of the molecule is CCCCCCCCCCCCCCCCC/C=C\CCCCCCCC(=O)N1CC[C@H](OP(=O)([O-])OCC[N+](C)(C)C)C1. The van der Waals surface area contributed by atoms with Gasteiger partial charge in [0.05, 0.1) is 27.2 Å². The summed E-state index contributed by atoms with van der Waals surface area (Å²) in [6, 6.07) is 0. The number of amides is 1. The first-order valence-corrected chi connectivity index (χ1v) is 20.0. The minimum Gasteiger partial charge on any atom is -0.756 e. The van der Waals surface area contributed by atoms with E-state index >= 15 is 0 Å². The van der Waals surface area contributed by atoms with Gasteiger partial charge in [-0.15, -0.1) is 0 Å². The molecule has 1 amide bonds. The molecule has 1 unspecified atom stereocenters. The molecule has 1 aliphatic heterocycles. The summed E-state index contributed by atoms with van der Waals surface area (Å²) in [6.45, 7) is 3.83. The van der Waals surface area contributed by atoms with Crippen LogP contribution in [0, 0.1) is 0 Å². The van der Waals surface area contributed by atoms with Gasteiger partial charge in [-0.05, 0) is 38.5 Å². The number of carbonyl (C=O) groups excluding carboxylic acids is 1. The van der Waals surface area contributed by atoms with Gasteiger partial charge in [0.15, 0.2) is 0 Å². The monoisotopic (exact) mass is 643 g/mol. The molecule has 0 aromatic carbocycles. The van der Waals surface area contributed by atoms with Crippen molar-refractivity contribution in [3.05, 3.63) is 12.2 Å². The number of likely N-dealkylation sites (N-methyl/N-ethyl adjacent to an activating group) is 1. The molecular weight excluding hydrogens is 571 g/mol. The van der Waals surface area contributed by atoms with E-state index in [2.05, 4.69) is 19.1 Å². The fourth-order valence-corrected chi connectivity index (χ4v) is 6.68. The Morgan fingerprint density at radius 3 is 1.70 bits per heavy atom. The van der Waals surface area contributed by atoms with Crippen LogP contribution in [0.15, 0.2) is 12.2 Å². The van der Waals surface area contributed by atoms with Crippen LogP contribution in [0.25, 0.3) is 0 Å². The van der Waals surface area contributed by atoms with Crippen molar-refractivity contribution in [3.8, 4) is 0 Å². The number of nitrogens with zero attached hydrogens (tertiary/aromatic N) is 2. The van der Waals surface area contributed by atoms with E-state index in [1.54, 1.807) is 4.90 Å². The molecule has 1 rings (SSSR count). The maximum absolute atomic E-state index is 12.5. The van der Waals surface area contributed by atoms with Crippen LogP contribution in [0.3, 0.4) is 0 Å². The maximum Gasteiger partial charge on any atom is 0.268 e. The maximum atomic E-state index is 12.5. The molecule has 0 spiro atoms. The van der Waals surface area contributed by atoms with Crippen LogP contribution in [-0.2, 0) is 18.4 Å². The van der Waals surface area contributed by atoms with Crippen LogP contribution in [0.1, 0.15) is 161 Å². The quantitative estimate of drug-likeness (QED) is 0.0338. The third-order valence-electron chi connectivity index (χ3n) is 8.69. The molecule has 44 heavy (non-hydrogen) atoms. The molecule has 1 heterocycles. The number of rotatable bonds is 30. The van der Waals surface area contributed by atoms with Gasteiger partial charge in [-0.2, -0.15) is 0 Å². The van der Waals surface area contributed by atoms with Crippen molar-refractivity contribution in [2.45, 2.75) is 167 Å². The lowest BCUT2D eigenvalue weighted by atomic mass is 10.0. The number of hydrogen-bond donors (Lipinski definition) is 0. The first-order chi connectivity index (χ1) is 21.1. The predicted octanol–water partition coefficient (Wildman–Crippen LogP) is 9.34. The van der Waals surface area contributed by atoms with Crippen molar-refractivity contribution in [1.82, 2.24) is 4.90 Å².